The largest absolute Gasteiger partial charge is 0.393 e. The molecule has 0 bridgehead atoms. The van der Waals surface area contributed by atoms with E-state index in [9.17, 15) is 9.18 Å². The Balaban J connectivity index is 2.06. The van der Waals surface area contributed by atoms with Crippen LogP contribution in [0, 0.1) is 11.7 Å². The SMILES string of the molecule is NC(=S)C1CCCN(C(=O)Cc2c(F)cccc2Cl)C1. The van der Waals surface area contributed by atoms with Gasteiger partial charge in [-0.2, -0.15) is 0 Å². The monoisotopic (exact) mass is 314 g/mol. The molecule has 1 aliphatic rings. The highest BCUT2D eigenvalue weighted by Gasteiger charge is 2.26. The van der Waals surface area contributed by atoms with Gasteiger partial charge in [0.05, 0.1) is 11.4 Å². The van der Waals surface area contributed by atoms with Gasteiger partial charge in [0.25, 0.3) is 0 Å². The van der Waals surface area contributed by atoms with E-state index in [2.05, 4.69) is 0 Å². The lowest BCUT2D eigenvalue weighted by atomic mass is 9.97. The van der Waals surface area contributed by atoms with E-state index >= 15 is 0 Å². The Kier molecular flexibility index (Phi) is 4.94. The summed E-state index contributed by atoms with van der Waals surface area (Å²) in [5, 5.41) is 0.279. The van der Waals surface area contributed by atoms with E-state index < -0.39 is 5.82 Å². The van der Waals surface area contributed by atoms with Crippen molar-refractivity contribution in [3.8, 4) is 0 Å². The molecule has 20 heavy (non-hydrogen) atoms. The molecule has 0 spiro atoms. The number of halogens is 2. The lowest BCUT2D eigenvalue weighted by Gasteiger charge is -2.32. The summed E-state index contributed by atoms with van der Waals surface area (Å²) in [7, 11) is 0. The van der Waals surface area contributed by atoms with Crippen LogP contribution in [0.5, 0.6) is 0 Å². The minimum Gasteiger partial charge on any atom is -0.393 e. The molecule has 1 unspecified atom stereocenters. The fourth-order valence-corrected chi connectivity index (χ4v) is 2.82. The third-order valence-electron chi connectivity index (χ3n) is 3.57. The van der Waals surface area contributed by atoms with E-state index in [4.69, 9.17) is 29.6 Å². The first kappa shape index (κ1) is 15.2. The maximum absolute atomic E-state index is 13.7. The lowest BCUT2D eigenvalue weighted by molar-refractivity contribution is -0.131. The molecule has 1 aromatic carbocycles. The molecule has 0 radical (unpaired) electrons. The van der Waals surface area contributed by atoms with Crippen LogP contribution in [0.15, 0.2) is 18.2 Å². The number of nitrogens with two attached hydrogens (primary N) is 1. The van der Waals surface area contributed by atoms with Crippen molar-refractivity contribution in [3.05, 3.63) is 34.6 Å². The first-order valence-electron chi connectivity index (χ1n) is 6.49. The van der Waals surface area contributed by atoms with E-state index in [-0.39, 0.29) is 28.8 Å². The number of piperidine rings is 1. The zero-order valence-corrected chi connectivity index (χ0v) is 12.5. The van der Waals surface area contributed by atoms with Crippen molar-refractivity contribution in [2.24, 2.45) is 11.7 Å². The van der Waals surface area contributed by atoms with E-state index in [1.807, 2.05) is 0 Å². The Morgan fingerprint density at radius 1 is 1.55 bits per heavy atom. The summed E-state index contributed by atoms with van der Waals surface area (Å²) < 4.78 is 13.7. The third-order valence-corrected chi connectivity index (χ3v) is 4.25. The molecule has 1 aromatic rings. The zero-order chi connectivity index (χ0) is 14.7. The highest BCUT2D eigenvalue weighted by atomic mass is 35.5. The van der Waals surface area contributed by atoms with Gasteiger partial charge < -0.3 is 10.6 Å². The van der Waals surface area contributed by atoms with Crippen LogP contribution < -0.4 is 5.73 Å². The van der Waals surface area contributed by atoms with Gasteiger partial charge in [-0.1, -0.05) is 29.9 Å². The molecule has 3 nitrogen and oxygen atoms in total. The van der Waals surface area contributed by atoms with Crippen LogP contribution in [0.25, 0.3) is 0 Å². The lowest BCUT2D eigenvalue weighted by Crippen LogP contribution is -2.44. The van der Waals surface area contributed by atoms with Crippen molar-refractivity contribution in [2.45, 2.75) is 19.3 Å². The molecule has 1 aliphatic heterocycles. The van der Waals surface area contributed by atoms with Gasteiger partial charge in [0.15, 0.2) is 0 Å². The van der Waals surface area contributed by atoms with Crippen LogP contribution in [0.1, 0.15) is 18.4 Å². The quantitative estimate of drug-likeness (QED) is 0.872. The average Bonchev–Trinajstić information content (AvgIpc) is 2.43. The number of nitrogens with zero attached hydrogens (tertiary/aromatic N) is 1. The van der Waals surface area contributed by atoms with Gasteiger partial charge in [-0.05, 0) is 25.0 Å². The third kappa shape index (κ3) is 3.46. The molecule has 0 aromatic heterocycles. The van der Waals surface area contributed by atoms with Crippen LogP contribution >= 0.6 is 23.8 Å². The first-order valence-corrected chi connectivity index (χ1v) is 7.27. The predicted molar refractivity (Wildman–Crippen MR) is 81.2 cm³/mol. The second kappa shape index (κ2) is 6.50. The van der Waals surface area contributed by atoms with Crippen LogP contribution in [-0.4, -0.2) is 28.9 Å². The van der Waals surface area contributed by atoms with E-state index in [1.165, 1.54) is 12.1 Å². The van der Waals surface area contributed by atoms with E-state index in [1.54, 1.807) is 11.0 Å². The molecule has 1 heterocycles. The highest BCUT2D eigenvalue weighted by Crippen LogP contribution is 2.22. The number of hydrogen-bond donors (Lipinski definition) is 1. The topological polar surface area (TPSA) is 46.3 Å². The second-order valence-electron chi connectivity index (χ2n) is 4.96. The van der Waals surface area contributed by atoms with Crippen molar-refractivity contribution in [3.63, 3.8) is 0 Å². The highest BCUT2D eigenvalue weighted by molar-refractivity contribution is 7.80. The van der Waals surface area contributed by atoms with Crippen LogP contribution in [0.2, 0.25) is 5.02 Å². The van der Waals surface area contributed by atoms with Crippen LogP contribution in [-0.2, 0) is 11.2 Å². The molecule has 2 rings (SSSR count). The maximum Gasteiger partial charge on any atom is 0.227 e. The van der Waals surface area contributed by atoms with Crippen molar-refractivity contribution in [1.29, 1.82) is 0 Å². The Labute approximate surface area is 127 Å². The Morgan fingerprint density at radius 2 is 2.30 bits per heavy atom. The summed E-state index contributed by atoms with van der Waals surface area (Å²) in [5.41, 5.74) is 5.89. The van der Waals surface area contributed by atoms with Gasteiger partial charge in [-0.15, -0.1) is 0 Å². The summed E-state index contributed by atoms with van der Waals surface area (Å²) in [4.78, 5) is 14.4. The Bertz CT molecular complexity index is 518. The second-order valence-corrected chi connectivity index (χ2v) is 5.84. The molecule has 6 heteroatoms. The normalized spacial score (nSPS) is 18.9. The molecule has 2 N–H and O–H groups in total. The number of likely N-dealkylation sites (tertiary alicyclic amines) is 1. The van der Waals surface area contributed by atoms with Crippen molar-refractivity contribution >= 4 is 34.7 Å². The molecule has 1 fully saturated rings. The molecular weight excluding hydrogens is 299 g/mol. The Morgan fingerprint density at radius 3 is 2.95 bits per heavy atom. The number of carbonyl (C=O) groups excluding carboxylic acids is 1. The van der Waals surface area contributed by atoms with Crippen LogP contribution in [0.4, 0.5) is 4.39 Å². The Hall–Kier alpha value is -1.20. The summed E-state index contributed by atoms with van der Waals surface area (Å²) in [5.74, 6) is -0.537. The molecule has 1 atom stereocenters. The summed E-state index contributed by atoms with van der Waals surface area (Å²) in [6, 6.07) is 4.42. The fraction of sp³-hybridized carbons (Fsp3) is 0.429. The molecule has 1 saturated heterocycles. The van der Waals surface area contributed by atoms with Crippen molar-refractivity contribution < 1.29 is 9.18 Å². The summed E-state index contributed by atoms with van der Waals surface area (Å²) in [6.07, 6.45) is 1.73. The van der Waals surface area contributed by atoms with Crippen LogP contribution in [0.3, 0.4) is 0 Å². The minimum atomic E-state index is -0.450. The van der Waals surface area contributed by atoms with Gasteiger partial charge in [-0.3, -0.25) is 4.79 Å². The van der Waals surface area contributed by atoms with Crippen molar-refractivity contribution in [1.82, 2.24) is 4.90 Å². The summed E-state index contributed by atoms with van der Waals surface area (Å²) >= 11 is 10.9. The van der Waals surface area contributed by atoms with Gasteiger partial charge in [0, 0.05) is 29.6 Å². The number of amides is 1. The number of hydrogen-bond acceptors (Lipinski definition) is 2. The maximum atomic E-state index is 13.7. The number of benzene rings is 1. The molecule has 0 saturated carbocycles. The predicted octanol–water partition coefficient (Wildman–Crippen LogP) is 2.55. The average molecular weight is 315 g/mol. The van der Waals surface area contributed by atoms with Gasteiger partial charge in [0.2, 0.25) is 5.91 Å². The zero-order valence-electron chi connectivity index (χ0n) is 10.9. The van der Waals surface area contributed by atoms with E-state index in [0.717, 1.165) is 12.8 Å². The molecule has 108 valence electrons. The first-order chi connectivity index (χ1) is 9.49. The summed E-state index contributed by atoms with van der Waals surface area (Å²) in [6.45, 7) is 1.17. The minimum absolute atomic E-state index is 0.0322. The molecule has 0 aliphatic carbocycles. The number of thiocarbonyl (C=S) groups is 1. The smallest absolute Gasteiger partial charge is 0.227 e. The molecule has 1 amide bonds. The van der Waals surface area contributed by atoms with Gasteiger partial charge >= 0.3 is 0 Å². The van der Waals surface area contributed by atoms with E-state index in [0.29, 0.717) is 18.1 Å². The van der Waals surface area contributed by atoms with Crippen molar-refractivity contribution in [2.75, 3.05) is 13.1 Å². The molecular formula is C14H16ClFN2OS. The fourth-order valence-electron chi connectivity index (χ4n) is 2.40. The number of rotatable bonds is 3. The van der Waals surface area contributed by atoms with Gasteiger partial charge in [-0.25, -0.2) is 4.39 Å². The van der Waals surface area contributed by atoms with Gasteiger partial charge in [0.1, 0.15) is 5.82 Å². The number of carbonyl (C=O) groups is 1. The standard InChI is InChI=1S/C14H16ClFN2OS/c15-11-4-1-5-12(16)10(11)7-13(19)18-6-2-3-9(8-18)14(17)20/h1,4-5,9H,2-3,6-8H2,(H2,17,20).